The van der Waals surface area contributed by atoms with Crippen LogP contribution in [0.2, 0.25) is 0 Å². The number of rotatable bonds is 11. The van der Waals surface area contributed by atoms with Gasteiger partial charge in [0.05, 0.1) is 0 Å². The third kappa shape index (κ3) is 4.88. The van der Waals surface area contributed by atoms with E-state index in [0.29, 0.717) is 6.04 Å². The van der Waals surface area contributed by atoms with E-state index in [9.17, 15) is 0 Å². The number of fused-ring (bicyclic) bond motifs is 3. The zero-order valence-electron chi connectivity index (χ0n) is 16.3. The van der Waals surface area contributed by atoms with Gasteiger partial charge in [0.1, 0.15) is 0 Å². The first kappa shape index (κ1) is 19.0. The van der Waals surface area contributed by atoms with Crippen LogP contribution in [-0.4, -0.2) is 11.0 Å². The van der Waals surface area contributed by atoms with Gasteiger partial charge in [0.25, 0.3) is 0 Å². The number of benzene rings is 2. The number of aromatic amines is 1. The first-order valence-electron chi connectivity index (χ1n) is 10.5. The molecular weight excluding hydrogens is 316 g/mol. The predicted molar refractivity (Wildman–Crippen MR) is 115 cm³/mol. The fraction of sp³-hybridized carbons (Fsp3) is 0.500. The maximum atomic E-state index is 6.39. The third-order valence-electron chi connectivity index (χ3n) is 5.59. The molecule has 0 saturated carbocycles. The largest absolute Gasteiger partial charge is 0.354 e. The van der Waals surface area contributed by atoms with Crippen LogP contribution in [0.3, 0.4) is 0 Å². The van der Waals surface area contributed by atoms with Crippen molar-refractivity contribution in [2.24, 2.45) is 5.73 Å². The zero-order valence-corrected chi connectivity index (χ0v) is 16.3. The van der Waals surface area contributed by atoms with Gasteiger partial charge in [-0.1, -0.05) is 88.3 Å². The monoisotopic (exact) mass is 350 g/mol. The summed E-state index contributed by atoms with van der Waals surface area (Å²) < 4.78 is 0. The highest BCUT2D eigenvalue weighted by molar-refractivity contribution is 6.08. The Bertz CT molecular complexity index is 802. The van der Waals surface area contributed by atoms with Crippen LogP contribution in [0.5, 0.6) is 0 Å². The number of H-pyrrole nitrogens is 1. The summed E-state index contributed by atoms with van der Waals surface area (Å²) in [7, 11) is 0. The summed E-state index contributed by atoms with van der Waals surface area (Å²) in [6.45, 7) is 2.27. The molecule has 1 unspecified atom stereocenters. The molecule has 0 bridgehead atoms. The lowest BCUT2D eigenvalue weighted by Gasteiger charge is -2.12. The maximum Gasteiger partial charge on any atom is 0.0497 e. The van der Waals surface area contributed by atoms with Crippen molar-refractivity contribution in [3.63, 3.8) is 0 Å². The van der Waals surface area contributed by atoms with Crippen LogP contribution in [-0.2, 0) is 6.42 Å². The Labute approximate surface area is 158 Å². The van der Waals surface area contributed by atoms with Crippen molar-refractivity contribution in [3.8, 4) is 0 Å². The van der Waals surface area contributed by atoms with Crippen LogP contribution in [0.25, 0.3) is 21.8 Å². The summed E-state index contributed by atoms with van der Waals surface area (Å²) in [4.78, 5) is 3.61. The predicted octanol–water partition coefficient (Wildman–Crippen LogP) is 6.72. The number of aromatic nitrogens is 1. The van der Waals surface area contributed by atoms with Gasteiger partial charge in [-0.3, -0.25) is 0 Å². The maximum absolute atomic E-state index is 6.39. The first-order chi connectivity index (χ1) is 12.8. The minimum absolute atomic E-state index is 0.324. The smallest absolute Gasteiger partial charge is 0.0497 e. The molecule has 0 aliphatic heterocycles. The molecule has 0 aliphatic carbocycles. The van der Waals surface area contributed by atoms with Crippen molar-refractivity contribution in [1.29, 1.82) is 0 Å². The lowest BCUT2D eigenvalue weighted by Crippen LogP contribution is -2.20. The number of hydrogen-bond acceptors (Lipinski definition) is 1. The summed E-state index contributed by atoms with van der Waals surface area (Å²) in [6.07, 6.45) is 12.8. The Morgan fingerprint density at radius 2 is 1.54 bits per heavy atom. The molecule has 140 valence electrons. The van der Waals surface area contributed by atoms with Crippen LogP contribution in [0, 0.1) is 0 Å². The highest BCUT2D eigenvalue weighted by Crippen LogP contribution is 2.28. The fourth-order valence-electron chi connectivity index (χ4n) is 3.99. The molecule has 2 nitrogen and oxygen atoms in total. The molecule has 3 rings (SSSR count). The molecule has 0 saturated heterocycles. The number of aryl methyl sites for hydroxylation is 1. The molecule has 0 aliphatic rings. The molecule has 1 atom stereocenters. The average Bonchev–Trinajstić information content (AvgIpc) is 3.05. The SMILES string of the molecule is CCCCCCCCCC(N)CCc1cccc2c1[nH]c1ccccc12. The van der Waals surface area contributed by atoms with E-state index in [1.807, 2.05) is 0 Å². The van der Waals surface area contributed by atoms with Crippen LogP contribution in [0.4, 0.5) is 0 Å². The van der Waals surface area contributed by atoms with E-state index in [1.54, 1.807) is 0 Å². The normalized spacial score (nSPS) is 12.8. The van der Waals surface area contributed by atoms with Gasteiger partial charge in [-0.15, -0.1) is 0 Å². The lowest BCUT2D eigenvalue weighted by atomic mass is 9.99. The molecule has 0 fully saturated rings. The van der Waals surface area contributed by atoms with Gasteiger partial charge in [-0.2, -0.15) is 0 Å². The van der Waals surface area contributed by atoms with E-state index in [-0.39, 0.29) is 0 Å². The van der Waals surface area contributed by atoms with E-state index < -0.39 is 0 Å². The highest BCUT2D eigenvalue weighted by Gasteiger charge is 2.09. The second-order valence-electron chi connectivity index (χ2n) is 7.72. The quantitative estimate of drug-likeness (QED) is 0.370. The Hall–Kier alpha value is -1.80. The van der Waals surface area contributed by atoms with Crippen molar-refractivity contribution >= 4 is 21.8 Å². The average molecular weight is 351 g/mol. The Morgan fingerprint density at radius 1 is 0.808 bits per heavy atom. The Morgan fingerprint density at radius 3 is 2.38 bits per heavy atom. The van der Waals surface area contributed by atoms with Crippen molar-refractivity contribution in [3.05, 3.63) is 48.0 Å². The second kappa shape index (κ2) is 9.78. The minimum Gasteiger partial charge on any atom is -0.354 e. The summed E-state index contributed by atoms with van der Waals surface area (Å²) in [5.41, 5.74) is 10.3. The van der Waals surface area contributed by atoms with E-state index in [0.717, 1.165) is 19.3 Å². The minimum atomic E-state index is 0.324. The molecule has 0 spiro atoms. The Balaban J connectivity index is 1.48. The van der Waals surface area contributed by atoms with Crippen molar-refractivity contribution in [2.45, 2.75) is 77.2 Å². The standard InChI is InChI=1S/C24H34N2/c1-2-3-4-5-6-7-8-13-20(25)18-17-19-12-11-15-22-21-14-9-10-16-23(21)26-24(19)22/h9-12,14-16,20,26H,2-8,13,17-18,25H2,1H3. The van der Waals surface area contributed by atoms with Crippen molar-refractivity contribution in [2.75, 3.05) is 0 Å². The number of hydrogen-bond donors (Lipinski definition) is 2. The molecule has 3 N–H and O–H groups in total. The second-order valence-corrected chi connectivity index (χ2v) is 7.72. The molecule has 1 heterocycles. The zero-order chi connectivity index (χ0) is 18.2. The summed E-state index contributed by atoms with van der Waals surface area (Å²) in [5.74, 6) is 0. The summed E-state index contributed by atoms with van der Waals surface area (Å²) in [6, 6.07) is 15.5. The van der Waals surface area contributed by atoms with E-state index in [4.69, 9.17) is 5.73 Å². The van der Waals surface area contributed by atoms with Gasteiger partial charge in [-0.05, 0) is 30.9 Å². The van der Waals surface area contributed by atoms with Crippen LogP contribution < -0.4 is 5.73 Å². The molecule has 26 heavy (non-hydrogen) atoms. The van der Waals surface area contributed by atoms with E-state index >= 15 is 0 Å². The molecule has 0 amide bonds. The molecular formula is C24H34N2. The Kier molecular flexibility index (Phi) is 7.13. The van der Waals surface area contributed by atoms with E-state index in [2.05, 4.69) is 54.4 Å². The van der Waals surface area contributed by atoms with Gasteiger partial charge in [-0.25, -0.2) is 0 Å². The third-order valence-corrected chi connectivity index (χ3v) is 5.59. The van der Waals surface area contributed by atoms with Gasteiger partial charge in [0, 0.05) is 27.8 Å². The van der Waals surface area contributed by atoms with Gasteiger partial charge < -0.3 is 10.7 Å². The first-order valence-corrected chi connectivity index (χ1v) is 10.5. The van der Waals surface area contributed by atoms with Gasteiger partial charge in [0.15, 0.2) is 0 Å². The van der Waals surface area contributed by atoms with Crippen LogP contribution >= 0.6 is 0 Å². The molecule has 3 aromatic rings. The molecule has 2 aromatic carbocycles. The van der Waals surface area contributed by atoms with Crippen LogP contribution in [0.1, 0.15) is 70.3 Å². The fourth-order valence-corrected chi connectivity index (χ4v) is 3.99. The topological polar surface area (TPSA) is 41.8 Å². The molecule has 1 aromatic heterocycles. The van der Waals surface area contributed by atoms with Gasteiger partial charge >= 0.3 is 0 Å². The number of unbranched alkanes of at least 4 members (excludes halogenated alkanes) is 6. The van der Waals surface area contributed by atoms with Gasteiger partial charge in [0.2, 0.25) is 0 Å². The number of nitrogens with two attached hydrogens (primary N) is 1. The van der Waals surface area contributed by atoms with Crippen molar-refractivity contribution < 1.29 is 0 Å². The molecule has 2 heteroatoms. The lowest BCUT2D eigenvalue weighted by molar-refractivity contribution is 0.510. The van der Waals surface area contributed by atoms with Crippen molar-refractivity contribution in [1.82, 2.24) is 4.98 Å². The van der Waals surface area contributed by atoms with Crippen LogP contribution in [0.15, 0.2) is 42.5 Å². The highest BCUT2D eigenvalue weighted by atomic mass is 14.7. The number of para-hydroxylation sites is 2. The summed E-state index contributed by atoms with van der Waals surface area (Å²) >= 11 is 0. The number of nitrogens with one attached hydrogen (secondary N) is 1. The molecule has 0 radical (unpaired) electrons. The summed E-state index contributed by atoms with van der Waals surface area (Å²) in [5, 5.41) is 2.65. The van der Waals surface area contributed by atoms with E-state index in [1.165, 1.54) is 72.3 Å².